The van der Waals surface area contributed by atoms with Crippen LogP contribution in [0.3, 0.4) is 0 Å². The molecule has 3 aromatic heterocycles. The Balaban J connectivity index is 1.48. The zero-order valence-electron chi connectivity index (χ0n) is 12.6. The van der Waals surface area contributed by atoms with Crippen molar-refractivity contribution in [1.82, 2.24) is 20.1 Å². The van der Waals surface area contributed by atoms with Gasteiger partial charge in [0.05, 0.1) is 6.54 Å². The number of hydrogen-bond acceptors (Lipinski definition) is 4. The van der Waals surface area contributed by atoms with Gasteiger partial charge in [-0.15, -0.1) is 11.3 Å². The lowest BCUT2D eigenvalue weighted by Crippen LogP contribution is -2.33. The van der Waals surface area contributed by atoms with Crippen molar-refractivity contribution in [3.05, 3.63) is 64.7 Å². The summed E-state index contributed by atoms with van der Waals surface area (Å²) >= 11 is 1.75. The summed E-state index contributed by atoms with van der Waals surface area (Å²) in [6.07, 6.45) is 6.32. The number of thiophene rings is 1. The SMILES string of the molecule is NC(=NCc1ccc(-n2cccn2)nc1)NCCc1cccs1. The number of hydrogen-bond donors (Lipinski definition) is 2. The van der Waals surface area contributed by atoms with Gasteiger partial charge in [-0.1, -0.05) is 12.1 Å². The number of nitrogens with one attached hydrogen (secondary N) is 1. The summed E-state index contributed by atoms with van der Waals surface area (Å²) in [4.78, 5) is 10.0. The van der Waals surface area contributed by atoms with E-state index in [0.29, 0.717) is 12.5 Å². The van der Waals surface area contributed by atoms with E-state index in [-0.39, 0.29) is 0 Å². The molecule has 0 saturated carbocycles. The Morgan fingerprint density at radius 1 is 1.30 bits per heavy atom. The average Bonchev–Trinajstić information content (AvgIpc) is 3.27. The molecule has 3 rings (SSSR count). The first-order valence-corrected chi connectivity index (χ1v) is 8.20. The summed E-state index contributed by atoms with van der Waals surface area (Å²) in [5, 5.41) is 9.34. The molecule has 3 aromatic rings. The third-order valence-electron chi connectivity index (χ3n) is 3.24. The van der Waals surface area contributed by atoms with Gasteiger partial charge in [-0.25, -0.2) is 14.7 Å². The van der Waals surface area contributed by atoms with Crippen molar-refractivity contribution in [2.45, 2.75) is 13.0 Å². The van der Waals surface area contributed by atoms with Gasteiger partial charge >= 0.3 is 0 Å². The lowest BCUT2D eigenvalue weighted by molar-refractivity contribution is 0.839. The van der Waals surface area contributed by atoms with E-state index < -0.39 is 0 Å². The lowest BCUT2D eigenvalue weighted by Gasteiger charge is -2.05. The van der Waals surface area contributed by atoms with Crippen molar-refractivity contribution in [2.24, 2.45) is 10.7 Å². The predicted octanol–water partition coefficient (Wildman–Crippen LogP) is 1.98. The van der Waals surface area contributed by atoms with Crippen molar-refractivity contribution in [2.75, 3.05) is 6.54 Å². The molecule has 23 heavy (non-hydrogen) atoms. The molecule has 118 valence electrons. The highest BCUT2D eigenvalue weighted by atomic mass is 32.1. The molecular weight excluding hydrogens is 308 g/mol. The molecule has 0 amide bonds. The van der Waals surface area contributed by atoms with Gasteiger partial charge in [0, 0.05) is 30.0 Å². The number of guanidine groups is 1. The highest BCUT2D eigenvalue weighted by molar-refractivity contribution is 7.09. The number of aromatic nitrogens is 3. The normalized spacial score (nSPS) is 11.6. The van der Waals surface area contributed by atoms with E-state index in [0.717, 1.165) is 24.3 Å². The van der Waals surface area contributed by atoms with Crippen LogP contribution in [0.1, 0.15) is 10.4 Å². The van der Waals surface area contributed by atoms with Gasteiger partial charge < -0.3 is 11.1 Å². The molecule has 6 nitrogen and oxygen atoms in total. The van der Waals surface area contributed by atoms with E-state index in [1.165, 1.54) is 4.88 Å². The maximum absolute atomic E-state index is 5.88. The summed E-state index contributed by atoms with van der Waals surface area (Å²) in [7, 11) is 0. The van der Waals surface area contributed by atoms with Crippen LogP contribution in [0.15, 0.2) is 59.3 Å². The fraction of sp³-hybridized carbons (Fsp3) is 0.188. The Morgan fingerprint density at radius 2 is 2.26 bits per heavy atom. The zero-order valence-corrected chi connectivity index (χ0v) is 13.4. The molecule has 0 aliphatic rings. The standard InChI is InChI=1S/C16H18N6S/c17-16(18-8-6-14-3-1-10-23-14)20-12-13-4-5-15(19-11-13)22-9-2-7-21-22/h1-5,7,9-11H,6,8,12H2,(H3,17,18,20). The summed E-state index contributed by atoms with van der Waals surface area (Å²) in [6.45, 7) is 1.29. The van der Waals surface area contributed by atoms with Gasteiger partial charge in [-0.3, -0.25) is 0 Å². The maximum Gasteiger partial charge on any atom is 0.188 e. The molecule has 0 aliphatic heterocycles. The lowest BCUT2D eigenvalue weighted by atomic mass is 10.3. The smallest absolute Gasteiger partial charge is 0.188 e. The van der Waals surface area contributed by atoms with Crippen LogP contribution in [0.2, 0.25) is 0 Å². The second kappa shape index (κ2) is 7.55. The van der Waals surface area contributed by atoms with Gasteiger partial charge in [0.1, 0.15) is 0 Å². The van der Waals surface area contributed by atoms with Crippen molar-refractivity contribution in [3.63, 3.8) is 0 Å². The Bertz CT molecular complexity index is 731. The molecule has 0 fully saturated rings. The number of rotatable bonds is 6. The minimum atomic E-state index is 0.456. The first-order chi connectivity index (χ1) is 11.3. The minimum absolute atomic E-state index is 0.456. The van der Waals surface area contributed by atoms with E-state index in [1.807, 2.05) is 24.4 Å². The topological polar surface area (TPSA) is 81.1 Å². The fourth-order valence-corrected chi connectivity index (χ4v) is 2.76. The highest BCUT2D eigenvalue weighted by Crippen LogP contribution is 2.08. The van der Waals surface area contributed by atoms with Crippen LogP contribution in [0.25, 0.3) is 5.82 Å². The molecule has 0 unspecified atom stereocenters. The van der Waals surface area contributed by atoms with Gasteiger partial charge in [0.2, 0.25) is 0 Å². The third kappa shape index (κ3) is 4.40. The first kappa shape index (κ1) is 15.2. The van der Waals surface area contributed by atoms with E-state index >= 15 is 0 Å². The van der Waals surface area contributed by atoms with Gasteiger partial charge in [-0.05, 0) is 35.6 Å². The number of aliphatic imine (C=N–C) groups is 1. The van der Waals surface area contributed by atoms with Crippen LogP contribution in [-0.2, 0) is 13.0 Å². The van der Waals surface area contributed by atoms with E-state index in [1.54, 1.807) is 28.4 Å². The summed E-state index contributed by atoms with van der Waals surface area (Å²) in [5.41, 5.74) is 6.88. The van der Waals surface area contributed by atoms with Gasteiger partial charge in [0.15, 0.2) is 11.8 Å². The van der Waals surface area contributed by atoms with Crippen molar-refractivity contribution < 1.29 is 0 Å². The maximum atomic E-state index is 5.88. The van der Waals surface area contributed by atoms with E-state index in [2.05, 4.69) is 37.9 Å². The molecule has 0 bridgehead atoms. The largest absolute Gasteiger partial charge is 0.370 e. The first-order valence-electron chi connectivity index (χ1n) is 7.32. The quantitative estimate of drug-likeness (QED) is 0.536. The van der Waals surface area contributed by atoms with Crippen LogP contribution in [0, 0.1) is 0 Å². The number of nitrogens with two attached hydrogens (primary N) is 1. The van der Waals surface area contributed by atoms with Crippen molar-refractivity contribution in [3.8, 4) is 5.82 Å². The molecular formula is C16H18N6S. The Hall–Kier alpha value is -2.67. The molecule has 7 heteroatoms. The Labute approximate surface area is 138 Å². The van der Waals surface area contributed by atoms with E-state index in [4.69, 9.17) is 5.73 Å². The van der Waals surface area contributed by atoms with Gasteiger partial charge in [-0.2, -0.15) is 5.10 Å². The number of pyridine rings is 1. The molecule has 0 aromatic carbocycles. The second-order valence-corrected chi connectivity index (χ2v) is 5.97. The molecule has 0 spiro atoms. The highest BCUT2D eigenvalue weighted by Gasteiger charge is 1.99. The average molecular weight is 326 g/mol. The van der Waals surface area contributed by atoms with Crippen molar-refractivity contribution in [1.29, 1.82) is 0 Å². The molecule has 0 aliphatic carbocycles. The molecule has 3 N–H and O–H groups in total. The Kier molecular flexibility index (Phi) is 5.00. The van der Waals surface area contributed by atoms with Gasteiger partial charge in [0.25, 0.3) is 0 Å². The fourth-order valence-electron chi connectivity index (χ4n) is 2.05. The second-order valence-electron chi connectivity index (χ2n) is 4.93. The predicted molar refractivity (Wildman–Crippen MR) is 92.7 cm³/mol. The summed E-state index contributed by atoms with van der Waals surface area (Å²) < 4.78 is 1.72. The van der Waals surface area contributed by atoms with Crippen LogP contribution < -0.4 is 11.1 Å². The molecule has 0 radical (unpaired) electrons. The third-order valence-corrected chi connectivity index (χ3v) is 4.17. The van der Waals surface area contributed by atoms with Crippen molar-refractivity contribution >= 4 is 17.3 Å². The minimum Gasteiger partial charge on any atom is -0.370 e. The molecule has 0 atom stereocenters. The summed E-state index contributed by atoms with van der Waals surface area (Å²) in [6, 6.07) is 9.93. The van der Waals surface area contributed by atoms with Crippen LogP contribution in [0.4, 0.5) is 0 Å². The monoisotopic (exact) mass is 326 g/mol. The van der Waals surface area contributed by atoms with E-state index in [9.17, 15) is 0 Å². The Morgan fingerprint density at radius 3 is 2.96 bits per heavy atom. The zero-order chi connectivity index (χ0) is 15.9. The van der Waals surface area contributed by atoms with Crippen LogP contribution >= 0.6 is 11.3 Å². The van der Waals surface area contributed by atoms with Crippen LogP contribution in [0.5, 0.6) is 0 Å². The van der Waals surface area contributed by atoms with Crippen LogP contribution in [-0.4, -0.2) is 27.3 Å². The molecule has 0 saturated heterocycles. The number of nitrogens with zero attached hydrogens (tertiary/aromatic N) is 4. The summed E-state index contributed by atoms with van der Waals surface area (Å²) in [5.74, 6) is 1.24. The molecule has 3 heterocycles.